The van der Waals surface area contributed by atoms with Crippen molar-refractivity contribution in [3.05, 3.63) is 54.7 Å². The number of hydrogen-bond donors (Lipinski definition) is 4. The summed E-state index contributed by atoms with van der Waals surface area (Å²) in [4.78, 5) is 4.18. The van der Waals surface area contributed by atoms with Gasteiger partial charge in [-0.2, -0.15) is 0 Å². The van der Waals surface area contributed by atoms with E-state index in [9.17, 15) is 0 Å². The van der Waals surface area contributed by atoms with Gasteiger partial charge in [0.15, 0.2) is 17.2 Å². The Hall–Kier alpha value is -3.61. The summed E-state index contributed by atoms with van der Waals surface area (Å²) in [6, 6.07) is 13.4. The minimum Gasteiger partial charge on any atom is -0.449 e. The van der Waals surface area contributed by atoms with Crippen LogP contribution in [0, 0.1) is 0 Å². The molecule has 7 nitrogen and oxygen atoms in total. The zero-order chi connectivity index (χ0) is 17.1. The lowest BCUT2D eigenvalue weighted by atomic mass is 10.2. The standard InChI is InChI=1S/C17H17N5O2/c18-10-3-5-14(12(20)8-10)23-16-2-1-7-22-17(16)24-15-6-4-11(19)9-13(15)21/h1-9H,18-21H2. The zero-order valence-corrected chi connectivity index (χ0v) is 12.8. The van der Waals surface area contributed by atoms with E-state index < -0.39 is 0 Å². The van der Waals surface area contributed by atoms with Crippen LogP contribution >= 0.6 is 0 Å². The third-order valence-corrected chi connectivity index (χ3v) is 3.23. The fraction of sp³-hybridized carbons (Fsp3) is 0. The van der Waals surface area contributed by atoms with Crippen molar-refractivity contribution in [3.8, 4) is 23.1 Å². The summed E-state index contributed by atoms with van der Waals surface area (Å²) in [6.45, 7) is 0. The third kappa shape index (κ3) is 3.25. The molecule has 0 saturated heterocycles. The number of nitrogen functional groups attached to an aromatic ring is 4. The Morgan fingerprint density at radius 2 is 1.25 bits per heavy atom. The van der Waals surface area contributed by atoms with Crippen LogP contribution in [0.1, 0.15) is 0 Å². The van der Waals surface area contributed by atoms with Gasteiger partial charge in [0, 0.05) is 17.6 Å². The molecule has 8 N–H and O–H groups in total. The van der Waals surface area contributed by atoms with Gasteiger partial charge in [0.05, 0.1) is 11.4 Å². The molecule has 0 spiro atoms. The van der Waals surface area contributed by atoms with Crippen LogP contribution in [0.15, 0.2) is 54.7 Å². The molecule has 0 atom stereocenters. The summed E-state index contributed by atoms with van der Waals surface area (Å²) in [5.74, 6) is 1.53. The van der Waals surface area contributed by atoms with Crippen molar-refractivity contribution in [2.45, 2.75) is 0 Å². The van der Waals surface area contributed by atoms with Gasteiger partial charge in [0.1, 0.15) is 0 Å². The van der Waals surface area contributed by atoms with Gasteiger partial charge in [-0.3, -0.25) is 0 Å². The lowest BCUT2D eigenvalue weighted by Gasteiger charge is -2.13. The highest BCUT2D eigenvalue weighted by Gasteiger charge is 2.12. The second kappa shape index (κ2) is 6.25. The zero-order valence-electron chi connectivity index (χ0n) is 12.8. The molecule has 1 aromatic heterocycles. The number of nitrogens with two attached hydrogens (primary N) is 4. The molecule has 1 heterocycles. The predicted molar refractivity (Wildman–Crippen MR) is 94.9 cm³/mol. The number of ether oxygens (including phenoxy) is 2. The van der Waals surface area contributed by atoms with E-state index in [-0.39, 0.29) is 5.88 Å². The summed E-state index contributed by atoms with van der Waals surface area (Å²) in [5.41, 5.74) is 25.1. The van der Waals surface area contributed by atoms with Gasteiger partial charge in [-0.15, -0.1) is 0 Å². The van der Waals surface area contributed by atoms with Crippen molar-refractivity contribution in [1.29, 1.82) is 0 Å². The van der Waals surface area contributed by atoms with Crippen LogP contribution in [-0.2, 0) is 0 Å². The molecule has 0 aliphatic heterocycles. The maximum absolute atomic E-state index is 5.91. The highest BCUT2D eigenvalue weighted by atomic mass is 16.5. The van der Waals surface area contributed by atoms with Crippen LogP contribution in [0.5, 0.6) is 23.1 Å². The number of pyridine rings is 1. The Morgan fingerprint density at radius 1 is 0.667 bits per heavy atom. The summed E-state index contributed by atoms with van der Waals surface area (Å²) in [7, 11) is 0. The van der Waals surface area contributed by atoms with E-state index in [0.29, 0.717) is 40.0 Å². The number of hydrogen-bond acceptors (Lipinski definition) is 7. The maximum atomic E-state index is 5.91. The van der Waals surface area contributed by atoms with E-state index in [4.69, 9.17) is 32.4 Å². The lowest BCUT2D eigenvalue weighted by molar-refractivity contribution is 0.407. The number of rotatable bonds is 4. The van der Waals surface area contributed by atoms with Crippen LogP contribution in [0.4, 0.5) is 22.7 Å². The molecular weight excluding hydrogens is 306 g/mol. The first-order valence-corrected chi connectivity index (χ1v) is 7.13. The Kier molecular flexibility index (Phi) is 3.98. The Balaban J connectivity index is 1.90. The molecule has 24 heavy (non-hydrogen) atoms. The van der Waals surface area contributed by atoms with E-state index in [1.165, 1.54) is 0 Å². The Labute approximate surface area is 138 Å². The molecule has 0 unspecified atom stereocenters. The third-order valence-electron chi connectivity index (χ3n) is 3.23. The minimum absolute atomic E-state index is 0.255. The number of aromatic nitrogens is 1. The predicted octanol–water partition coefficient (Wildman–Crippen LogP) is 3.00. The van der Waals surface area contributed by atoms with Crippen molar-refractivity contribution < 1.29 is 9.47 Å². The maximum Gasteiger partial charge on any atom is 0.263 e. The number of benzene rings is 2. The van der Waals surface area contributed by atoms with Crippen molar-refractivity contribution in [3.63, 3.8) is 0 Å². The largest absolute Gasteiger partial charge is 0.449 e. The van der Waals surface area contributed by atoms with Crippen molar-refractivity contribution in [2.24, 2.45) is 0 Å². The number of anilines is 4. The average Bonchev–Trinajstić information content (AvgIpc) is 2.54. The Morgan fingerprint density at radius 3 is 1.83 bits per heavy atom. The molecule has 0 radical (unpaired) electrons. The second-order valence-corrected chi connectivity index (χ2v) is 5.11. The van der Waals surface area contributed by atoms with Gasteiger partial charge in [-0.25, -0.2) is 4.98 Å². The van der Waals surface area contributed by atoms with Crippen LogP contribution in [0.2, 0.25) is 0 Å². The van der Waals surface area contributed by atoms with Crippen LogP contribution < -0.4 is 32.4 Å². The normalized spacial score (nSPS) is 10.3. The van der Waals surface area contributed by atoms with Crippen molar-refractivity contribution in [1.82, 2.24) is 4.98 Å². The SMILES string of the molecule is Nc1ccc(Oc2cccnc2Oc2ccc(N)cc2N)c(N)c1. The minimum atomic E-state index is 0.255. The summed E-state index contributed by atoms with van der Waals surface area (Å²) < 4.78 is 11.5. The van der Waals surface area contributed by atoms with Gasteiger partial charge < -0.3 is 32.4 Å². The topological polar surface area (TPSA) is 135 Å². The summed E-state index contributed by atoms with van der Waals surface area (Å²) >= 11 is 0. The van der Waals surface area contributed by atoms with Gasteiger partial charge in [-0.1, -0.05) is 0 Å². The van der Waals surface area contributed by atoms with Gasteiger partial charge >= 0.3 is 0 Å². The Bertz CT molecular complexity index is 810. The average molecular weight is 323 g/mol. The molecule has 3 aromatic rings. The molecular formula is C17H17N5O2. The van der Waals surface area contributed by atoms with Gasteiger partial charge in [0.25, 0.3) is 5.88 Å². The molecule has 3 rings (SSSR count). The molecule has 0 saturated carbocycles. The first kappa shape index (κ1) is 15.3. The fourth-order valence-corrected chi connectivity index (χ4v) is 2.07. The molecule has 7 heteroatoms. The summed E-state index contributed by atoms with van der Waals surface area (Å²) in [6.07, 6.45) is 1.59. The van der Waals surface area contributed by atoms with Crippen LogP contribution in [0.25, 0.3) is 0 Å². The first-order chi connectivity index (χ1) is 11.5. The van der Waals surface area contributed by atoms with Gasteiger partial charge in [-0.05, 0) is 48.5 Å². The molecule has 0 fully saturated rings. The fourth-order valence-electron chi connectivity index (χ4n) is 2.07. The lowest BCUT2D eigenvalue weighted by Crippen LogP contribution is -1.98. The van der Waals surface area contributed by atoms with Crippen LogP contribution in [-0.4, -0.2) is 4.98 Å². The van der Waals surface area contributed by atoms with E-state index in [0.717, 1.165) is 0 Å². The first-order valence-electron chi connectivity index (χ1n) is 7.13. The van der Waals surface area contributed by atoms with E-state index in [1.807, 2.05) is 0 Å². The highest BCUT2D eigenvalue weighted by Crippen LogP contribution is 2.37. The molecule has 0 aliphatic rings. The monoisotopic (exact) mass is 323 g/mol. The van der Waals surface area contributed by atoms with Crippen LogP contribution in [0.3, 0.4) is 0 Å². The highest BCUT2D eigenvalue weighted by molar-refractivity contribution is 5.63. The van der Waals surface area contributed by atoms with E-state index >= 15 is 0 Å². The molecule has 0 aliphatic carbocycles. The van der Waals surface area contributed by atoms with E-state index in [2.05, 4.69) is 4.98 Å². The quantitative estimate of drug-likeness (QED) is 0.542. The molecule has 122 valence electrons. The van der Waals surface area contributed by atoms with Gasteiger partial charge in [0.2, 0.25) is 0 Å². The second-order valence-electron chi connectivity index (χ2n) is 5.11. The summed E-state index contributed by atoms with van der Waals surface area (Å²) in [5, 5.41) is 0. The molecule has 0 bridgehead atoms. The molecule has 0 amide bonds. The van der Waals surface area contributed by atoms with E-state index in [1.54, 1.807) is 54.7 Å². The smallest absolute Gasteiger partial charge is 0.263 e. The van der Waals surface area contributed by atoms with Crippen molar-refractivity contribution in [2.75, 3.05) is 22.9 Å². The van der Waals surface area contributed by atoms with Crippen molar-refractivity contribution >= 4 is 22.7 Å². The molecule has 2 aromatic carbocycles. The number of nitrogens with zero attached hydrogens (tertiary/aromatic N) is 1.